The second-order valence-electron chi connectivity index (χ2n) is 3.79. The molecule has 2 aromatic rings. The minimum Gasteiger partial charge on any atom is -0.453 e. The summed E-state index contributed by atoms with van der Waals surface area (Å²) < 4.78 is 4.60. The summed E-state index contributed by atoms with van der Waals surface area (Å²) in [4.78, 5) is 29.1. The highest BCUT2D eigenvalue weighted by Gasteiger charge is 2.09. The van der Waals surface area contributed by atoms with Gasteiger partial charge in [-0.2, -0.15) is 0 Å². The highest BCUT2D eigenvalue weighted by molar-refractivity contribution is 5.75. The van der Waals surface area contributed by atoms with Gasteiger partial charge >= 0.3 is 11.8 Å². The van der Waals surface area contributed by atoms with Crippen LogP contribution in [0.1, 0.15) is 5.56 Å². The Bertz CT molecular complexity index is 599. The third-order valence-electron chi connectivity index (χ3n) is 2.49. The lowest BCUT2D eigenvalue weighted by atomic mass is 10.2. The van der Waals surface area contributed by atoms with Crippen molar-refractivity contribution in [1.82, 2.24) is 14.9 Å². The van der Waals surface area contributed by atoms with E-state index >= 15 is 0 Å². The summed E-state index contributed by atoms with van der Waals surface area (Å²) in [5.41, 5.74) is 2.16. The van der Waals surface area contributed by atoms with Crippen molar-refractivity contribution in [2.75, 3.05) is 14.2 Å². The lowest BCUT2D eigenvalue weighted by Gasteiger charge is -2.15. The Kier molecular flexibility index (Phi) is 2.86. The quantitative estimate of drug-likeness (QED) is 0.816. The van der Waals surface area contributed by atoms with Gasteiger partial charge in [-0.15, -0.1) is 0 Å². The molecule has 90 valence electrons. The Balaban J connectivity index is 2.24. The SMILES string of the molecule is COC(=O)N(C)Cc1ccc2[nH]c(=O)[nH]c2c1. The summed E-state index contributed by atoms with van der Waals surface area (Å²) in [6.45, 7) is 0.426. The molecule has 0 saturated carbocycles. The first-order valence-corrected chi connectivity index (χ1v) is 5.10. The second kappa shape index (κ2) is 4.32. The number of nitrogens with one attached hydrogen (secondary N) is 2. The molecule has 0 atom stereocenters. The van der Waals surface area contributed by atoms with Gasteiger partial charge in [-0.05, 0) is 17.7 Å². The van der Waals surface area contributed by atoms with Gasteiger partial charge in [0.2, 0.25) is 0 Å². The van der Waals surface area contributed by atoms with E-state index < -0.39 is 6.09 Å². The largest absolute Gasteiger partial charge is 0.453 e. The summed E-state index contributed by atoms with van der Waals surface area (Å²) in [6, 6.07) is 5.48. The van der Waals surface area contributed by atoms with E-state index in [-0.39, 0.29) is 5.69 Å². The molecular formula is C11H13N3O3. The maximum Gasteiger partial charge on any atom is 0.409 e. The molecule has 0 saturated heterocycles. The van der Waals surface area contributed by atoms with Gasteiger partial charge in [-0.25, -0.2) is 9.59 Å². The number of H-pyrrole nitrogens is 2. The van der Waals surface area contributed by atoms with Gasteiger partial charge in [-0.1, -0.05) is 6.07 Å². The number of aromatic amines is 2. The van der Waals surface area contributed by atoms with Gasteiger partial charge in [0.15, 0.2) is 0 Å². The third-order valence-corrected chi connectivity index (χ3v) is 2.49. The van der Waals surface area contributed by atoms with Crippen molar-refractivity contribution in [3.8, 4) is 0 Å². The predicted octanol–water partition coefficient (Wildman–Crippen LogP) is 1.05. The number of hydrogen-bond donors (Lipinski definition) is 2. The fourth-order valence-electron chi connectivity index (χ4n) is 1.67. The number of hydrogen-bond acceptors (Lipinski definition) is 3. The van der Waals surface area contributed by atoms with E-state index in [9.17, 15) is 9.59 Å². The number of imidazole rings is 1. The van der Waals surface area contributed by atoms with Crippen molar-refractivity contribution < 1.29 is 9.53 Å². The van der Waals surface area contributed by atoms with Crippen LogP contribution in [-0.4, -0.2) is 35.1 Å². The van der Waals surface area contributed by atoms with Crippen LogP contribution in [0.4, 0.5) is 4.79 Å². The number of benzene rings is 1. The van der Waals surface area contributed by atoms with Crippen LogP contribution in [0.5, 0.6) is 0 Å². The Morgan fingerprint density at radius 2 is 2.06 bits per heavy atom. The third kappa shape index (κ3) is 2.30. The van der Waals surface area contributed by atoms with Gasteiger partial charge in [0.25, 0.3) is 0 Å². The number of carbonyl (C=O) groups excluding carboxylic acids is 1. The monoisotopic (exact) mass is 235 g/mol. The summed E-state index contributed by atoms with van der Waals surface area (Å²) in [5.74, 6) is 0. The average molecular weight is 235 g/mol. The zero-order valence-electron chi connectivity index (χ0n) is 9.61. The number of fused-ring (bicyclic) bond motifs is 1. The molecule has 17 heavy (non-hydrogen) atoms. The molecule has 0 fully saturated rings. The van der Waals surface area contributed by atoms with Crippen LogP contribution in [0.15, 0.2) is 23.0 Å². The molecule has 0 aliphatic rings. The van der Waals surface area contributed by atoms with Crippen molar-refractivity contribution in [2.45, 2.75) is 6.54 Å². The van der Waals surface area contributed by atoms with Crippen LogP contribution >= 0.6 is 0 Å². The molecule has 1 amide bonds. The van der Waals surface area contributed by atoms with E-state index in [1.807, 2.05) is 12.1 Å². The van der Waals surface area contributed by atoms with Gasteiger partial charge in [0.1, 0.15) is 0 Å². The van der Waals surface area contributed by atoms with Gasteiger partial charge < -0.3 is 19.6 Å². The van der Waals surface area contributed by atoms with Crippen LogP contribution in [-0.2, 0) is 11.3 Å². The first-order chi connectivity index (χ1) is 8.10. The van der Waals surface area contributed by atoms with E-state index in [0.717, 1.165) is 16.6 Å². The van der Waals surface area contributed by atoms with E-state index in [1.54, 1.807) is 13.1 Å². The number of amides is 1. The van der Waals surface area contributed by atoms with Gasteiger partial charge in [0, 0.05) is 13.6 Å². The molecule has 0 radical (unpaired) electrons. The number of methoxy groups -OCH3 is 1. The Labute approximate surface area is 97.2 Å². The van der Waals surface area contributed by atoms with Crippen molar-refractivity contribution in [3.63, 3.8) is 0 Å². The zero-order chi connectivity index (χ0) is 12.4. The average Bonchev–Trinajstić information content (AvgIpc) is 2.67. The number of nitrogens with zero attached hydrogens (tertiary/aromatic N) is 1. The molecule has 0 spiro atoms. The minimum absolute atomic E-state index is 0.238. The summed E-state index contributed by atoms with van der Waals surface area (Å²) in [7, 11) is 2.99. The maximum atomic E-state index is 11.2. The first kappa shape index (κ1) is 11.3. The Morgan fingerprint density at radius 1 is 1.35 bits per heavy atom. The molecule has 1 heterocycles. The molecule has 0 unspecified atom stereocenters. The molecule has 2 rings (SSSR count). The van der Waals surface area contributed by atoms with E-state index in [0.29, 0.717) is 6.54 Å². The zero-order valence-corrected chi connectivity index (χ0v) is 9.61. The fourth-order valence-corrected chi connectivity index (χ4v) is 1.67. The standard InChI is InChI=1S/C11H13N3O3/c1-14(11(16)17-2)6-7-3-4-8-9(5-7)13-10(15)12-8/h3-5H,6H2,1-2H3,(H2,12,13,15). The van der Waals surface area contributed by atoms with Crippen LogP contribution in [0, 0.1) is 0 Å². The maximum absolute atomic E-state index is 11.2. The molecule has 1 aromatic heterocycles. The lowest BCUT2D eigenvalue weighted by molar-refractivity contribution is 0.131. The molecule has 6 heteroatoms. The molecule has 0 aliphatic heterocycles. The van der Waals surface area contributed by atoms with Gasteiger partial charge in [-0.3, -0.25) is 0 Å². The van der Waals surface area contributed by atoms with Crippen molar-refractivity contribution >= 4 is 17.1 Å². The normalized spacial score (nSPS) is 10.5. The highest BCUT2D eigenvalue weighted by atomic mass is 16.5. The molecule has 0 aliphatic carbocycles. The fraction of sp³-hybridized carbons (Fsp3) is 0.273. The molecule has 6 nitrogen and oxygen atoms in total. The number of rotatable bonds is 2. The van der Waals surface area contributed by atoms with E-state index in [1.165, 1.54) is 12.0 Å². The Morgan fingerprint density at radius 3 is 2.76 bits per heavy atom. The molecule has 2 N–H and O–H groups in total. The van der Waals surface area contributed by atoms with Gasteiger partial charge in [0.05, 0.1) is 18.1 Å². The molecular weight excluding hydrogens is 222 g/mol. The predicted molar refractivity (Wildman–Crippen MR) is 62.8 cm³/mol. The van der Waals surface area contributed by atoms with Crippen LogP contribution in [0.3, 0.4) is 0 Å². The van der Waals surface area contributed by atoms with Crippen LogP contribution < -0.4 is 5.69 Å². The van der Waals surface area contributed by atoms with E-state index in [2.05, 4.69) is 14.7 Å². The highest BCUT2D eigenvalue weighted by Crippen LogP contribution is 2.11. The molecule has 1 aromatic carbocycles. The van der Waals surface area contributed by atoms with Crippen LogP contribution in [0.25, 0.3) is 11.0 Å². The number of aromatic nitrogens is 2. The summed E-state index contributed by atoms with van der Waals surface area (Å²) >= 11 is 0. The summed E-state index contributed by atoms with van der Waals surface area (Å²) in [5, 5.41) is 0. The van der Waals surface area contributed by atoms with E-state index in [4.69, 9.17) is 0 Å². The molecule has 0 bridgehead atoms. The van der Waals surface area contributed by atoms with Crippen molar-refractivity contribution in [3.05, 3.63) is 34.2 Å². The second-order valence-corrected chi connectivity index (χ2v) is 3.79. The van der Waals surface area contributed by atoms with Crippen molar-refractivity contribution in [2.24, 2.45) is 0 Å². The van der Waals surface area contributed by atoms with Crippen LogP contribution in [0.2, 0.25) is 0 Å². The number of ether oxygens (including phenoxy) is 1. The summed E-state index contributed by atoms with van der Waals surface area (Å²) in [6.07, 6.45) is -0.396. The first-order valence-electron chi connectivity index (χ1n) is 5.10. The van der Waals surface area contributed by atoms with Crippen molar-refractivity contribution in [1.29, 1.82) is 0 Å². The topological polar surface area (TPSA) is 78.2 Å². The number of carbonyl (C=O) groups is 1. The smallest absolute Gasteiger partial charge is 0.409 e. The minimum atomic E-state index is -0.396. The Hall–Kier alpha value is -2.24. The lowest BCUT2D eigenvalue weighted by Crippen LogP contribution is -2.25.